The second kappa shape index (κ2) is 5.95. The van der Waals surface area contributed by atoms with Gasteiger partial charge in [0.05, 0.1) is 10.0 Å². The summed E-state index contributed by atoms with van der Waals surface area (Å²) in [4.78, 5) is 3.55. The van der Waals surface area contributed by atoms with E-state index in [9.17, 15) is 8.42 Å². The highest BCUT2D eigenvalue weighted by molar-refractivity contribution is 7.93. The highest BCUT2D eigenvalue weighted by atomic mass is 35.5. The van der Waals surface area contributed by atoms with E-state index in [1.165, 1.54) is 24.3 Å². The van der Waals surface area contributed by atoms with Gasteiger partial charge in [0, 0.05) is 5.02 Å². The quantitative estimate of drug-likeness (QED) is 0.808. The maximum atomic E-state index is 12.3. The summed E-state index contributed by atoms with van der Waals surface area (Å²) in [5.74, 6) is 0.0552. The highest BCUT2D eigenvalue weighted by Crippen LogP contribution is 2.33. The number of hydrogen-bond donors (Lipinski definition) is 1. The number of halogens is 4. The van der Waals surface area contributed by atoms with E-state index >= 15 is 0 Å². The monoisotopic (exact) mass is 370 g/mol. The molecule has 2 rings (SSSR count). The molecule has 9 heteroatoms. The third kappa shape index (κ3) is 3.48. The van der Waals surface area contributed by atoms with Crippen molar-refractivity contribution in [2.75, 3.05) is 4.72 Å². The predicted molar refractivity (Wildman–Crippen MR) is 81.5 cm³/mol. The van der Waals surface area contributed by atoms with Crippen LogP contribution in [-0.4, -0.2) is 13.4 Å². The summed E-state index contributed by atoms with van der Waals surface area (Å²) in [5.41, 5.74) is 0. The Morgan fingerprint density at radius 2 is 1.60 bits per heavy atom. The number of anilines is 1. The molecule has 1 heterocycles. The Labute approximate surface area is 135 Å². The maximum Gasteiger partial charge on any atom is 0.266 e. The first-order chi connectivity index (χ1) is 9.29. The van der Waals surface area contributed by atoms with Gasteiger partial charge in [-0.05, 0) is 24.3 Å². The molecule has 20 heavy (non-hydrogen) atoms. The summed E-state index contributed by atoms with van der Waals surface area (Å²) in [6.45, 7) is 0. The van der Waals surface area contributed by atoms with Crippen LogP contribution in [-0.2, 0) is 10.0 Å². The molecule has 1 aromatic carbocycles. The molecule has 0 spiro atoms. The fourth-order valence-corrected chi connectivity index (χ4v) is 4.15. The van der Waals surface area contributed by atoms with E-state index in [0.29, 0.717) is 0 Å². The molecule has 2 aromatic rings. The van der Waals surface area contributed by atoms with Gasteiger partial charge >= 0.3 is 0 Å². The molecule has 0 atom stereocenters. The molecule has 0 bridgehead atoms. The van der Waals surface area contributed by atoms with Gasteiger partial charge in [-0.3, -0.25) is 4.72 Å². The second-order valence-electron chi connectivity index (χ2n) is 3.65. The van der Waals surface area contributed by atoms with Crippen LogP contribution in [0.15, 0.2) is 35.2 Å². The fourth-order valence-electron chi connectivity index (χ4n) is 1.44. The molecular formula is C11H6Cl4N2O2S. The Kier molecular flexibility index (Phi) is 4.66. The van der Waals surface area contributed by atoms with Crippen molar-refractivity contribution in [3.05, 3.63) is 50.6 Å². The predicted octanol–water partition coefficient (Wildman–Crippen LogP) is 4.50. The lowest BCUT2D eigenvalue weighted by Gasteiger charge is -2.11. The van der Waals surface area contributed by atoms with Crippen LogP contribution in [0.4, 0.5) is 5.82 Å². The van der Waals surface area contributed by atoms with Gasteiger partial charge in [-0.1, -0.05) is 52.5 Å². The molecule has 0 amide bonds. The molecule has 0 aliphatic rings. The molecular weight excluding hydrogens is 366 g/mol. The zero-order chi connectivity index (χ0) is 14.9. The lowest BCUT2D eigenvalue weighted by Crippen LogP contribution is -2.15. The molecule has 0 aliphatic carbocycles. The van der Waals surface area contributed by atoms with Crippen molar-refractivity contribution >= 4 is 62.2 Å². The number of aromatic nitrogens is 1. The van der Waals surface area contributed by atoms with Gasteiger partial charge in [0.1, 0.15) is 15.9 Å². The Bertz CT molecular complexity index is 742. The van der Waals surface area contributed by atoms with E-state index < -0.39 is 10.0 Å². The highest BCUT2D eigenvalue weighted by Gasteiger charge is 2.23. The van der Waals surface area contributed by atoms with Crippen LogP contribution in [0.5, 0.6) is 0 Å². The molecule has 106 valence electrons. The fraction of sp³-hybridized carbons (Fsp3) is 0. The van der Waals surface area contributed by atoms with Crippen LogP contribution >= 0.6 is 46.4 Å². The van der Waals surface area contributed by atoms with Gasteiger partial charge in [-0.15, -0.1) is 0 Å². The number of rotatable bonds is 3. The first kappa shape index (κ1) is 15.7. The van der Waals surface area contributed by atoms with E-state index in [0.717, 1.165) is 0 Å². The van der Waals surface area contributed by atoms with Gasteiger partial charge in [0.2, 0.25) is 0 Å². The van der Waals surface area contributed by atoms with Crippen LogP contribution in [0.3, 0.4) is 0 Å². The minimum atomic E-state index is -4.00. The Morgan fingerprint density at radius 3 is 2.15 bits per heavy atom. The van der Waals surface area contributed by atoms with Gasteiger partial charge in [-0.2, -0.15) is 0 Å². The molecule has 0 fully saturated rings. The van der Waals surface area contributed by atoms with Crippen molar-refractivity contribution in [1.29, 1.82) is 0 Å². The zero-order valence-corrected chi connectivity index (χ0v) is 13.4. The summed E-state index contributed by atoms with van der Waals surface area (Å²) in [7, 11) is -4.00. The van der Waals surface area contributed by atoms with Crippen LogP contribution in [0.1, 0.15) is 0 Å². The minimum Gasteiger partial charge on any atom is -0.263 e. The number of nitrogens with zero attached hydrogens (tertiary/aromatic N) is 1. The number of hydrogen-bond acceptors (Lipinski definition) is 3. The van der Waals surface area contributed by atoms with Gasteiger partial charge in [0.25, 0.3) is 10.0 Å². The van der Waals surface area contributed by atoms with Crippen LogP contribution in [0.2, 0.25) is 20.2 Å². The van der Waals surface area contributed by atoms with E-state index in [4.69, 9.17) is 46.4 Å². The largest absolute Gasteiger partial charge is 0.266 e. The smallest absolute Gasteiger partial charge is 0.263 e. The Balaban J connectivity index is 2.46. The average molecular weight is 372 g/mol. The van der Waals surface area contributed by atoms with Crippen molar-refractivity contribution in [3.63, 3.8) is 0 Å². The third-order valence-electron chi connectivity index (χ3n) is 2.19. The molecule has 1 aromatic heterocycles. The van der Waals surface area contributed by atoms with Crippen molar-refractivity contribution in [3.8, 4) is 0 Å². The number of sulfonamides is 1. The second-order valence-corrected chi connectivity index (χ2v) is 6.91. The molecule has 0 radical (unpaired) electrons. The summed E-state index contributed by atoms with van der Waals surface area (Å²) >= 11 is 23.2. The normalized spacial score (nSPS) is 11.4. The molecule has 0 unspecified atom stereocenters. The Morgan fingerprint density at radius 1 is 1.00 bits per heavy atom. The summed E-state index contributed by atoms with van der Waals surface area (Å²) < 4.78 is 26.8. The zero-order valence-electron chi connectivity index (χ0n) is 9.57. The SMILES string of the molecule is O=S(=O)(Nc1cccc(Cl)n1)c1c(Cl)cc(Cl)cc1Cl. The third-order valence-corrected chi connectivity index (χ3v) is 4.89. The van der Waals surface area contributed by atoms with Crippen LogP contribution in [0, 0.1) is 0 Å². The minimum absolute atomic E-state index is 0.0552. The van der Waals surface area contributed by atoms with Crippen LogP contribution < -0.4 is 4.72 Å². The van der Waals surface area contributed by atoms with E-state index in [1.54, 1.807) is 6.07 Å². The topological polar surface area (TPSA) is 59.1 Å². The molecule has 0 saturated heterocycles. The number of benzene rings is 1. The van der Waals surface area contributed by atoms with Crippen molar-refractivity contribution < 1.29 is 8.42 Å². The summed E-state index contributed by atoms with van der Waals surface area (Å²) in [6, 6.07) is 7.09. The lowest BCUT2D eigenvalue weighted by atomic mass is 10.4. The molecule has 1 N–H and O–H groups in total. The van der Waals surface area contributed by atoms with Gasteiger partial charge < -0.3 is 0 Å². The van der Waals surface area contributed by atoms with E-state index in [1.807, 2.05) is 0 Å². The number of nitrogens with one attached hydrogen (secondary N) is 1. The van der Waals surface area contributed by atoms with E-state index in [2.05, 4.69) is 9.71 Å². The van der Waals surface area contributed by atoms with Gasteiger partial charge in [-0.25, -0.2) is 13.4 Å². The van der Waals surface area contributed by atoms with Crippen molar-refractivity contribution in [2.24, 2.45) is 0 Å². The standard InChI is InChI=1S/C11H6Cl4N2O2S/c12-6-4-7(13)11(8(14)5-6)20(18,19)17-10-3-1-2-9(15)16-10/h1-5H,(H,16,17). The summed E-state index contributed by atoms with van der Waals surface area (Å²) in [6.07, 6.45) is 0. The lowest BCUT2D eigenvalue weighted by molar-refractivity contribution is 0.601. The van der Waals surface area contributed by atoms with Crippen molar-refractivity contribution in [1.82, 2.24) is 4.98 Å². The first-order valence-corrected chi connectivity index (χ1v) is 8.09. The number of pyridine rings is 1. The van der Waals surface area contributed by atoms with Gasteiger partial charge in [0.15, 0.2) is 0 Å². The van der Waals surface area contributed by atoms with Crippen LogP contribution in [0.25, 0.3) is 0 Å². The molecule has 0 aliphatic heterocycles. The Hall–Kier alpha value is -0.720. The molecule has 0 saturated carbocycles. The summed E-state index contributed by atoms with van der Waals surface area (Å²) in [5, 5.41) is 0.215. The first-order valence-electron chi connectivity index (χ1n) is 5.09. The van der Waals surface area contributed by atoms with E-state index in [-0.39, 0.29) is 30.9 Å². The average Bonchev–Trinajstić information content (AvgIpc) is 2.25. The van der Waals surface area contributed by atoms with Crippen molar-refractivity contribution in [2.45, 2.75) is 4.90 Å². The molecule has 4 nitrogen and oxygen atoms in total. The maximum absolute atomic E-state index is 12.3.